The minimum Gasteiger partial charge on any atom is -0.384 e. The molecule has 1 aromatic rings. The van der Waals surface area contributed by atoms with Gasteiger partial charge in [-0.15, -0.1) is 0 Å². The third-order valence-corrected chi connectivity index (χ3v) is 11.1. The molecule has 3 saturated carbocycles. The van der Waals surface area contributed by atoms with Crippen molar-refractivity contribution in [2.75, 3.05) is 18.6 Å². The Hall–Kier alpha value is -2.35. The highest BCUT2D eigenvalue weighted by Gasteiger charge is 2.62. The van der Waals surface area contributed by atoms with Crippen LogP contribution in [0.4, 0.5) is 5.69 Å². The summed E-state index contributed by atoms with van der Waals surface area (Å²) in [4.78, 5) is 14.8. The monoisotopic (exact) mass is 513 g/mol. The van der Waals surface area contributed by atoms with Crippen molar-refractivity contribution in [3.8, 4) is 11.8 Å². The van der Waals surface area contributed by atoms with E-state index >= 15 is 0 Å². The Morgan fingerprint density at radius 1 is 1.03 bits per heavy atom. The van der Waals surface area contributed by atoms with Crippen LogP contribution in [-0.4, -0.2) is 41.3 Å². The maximum absolute atomic E-state index is 12.3. The summed E-state index contributed by atoms with van der Waals surface area (Å²) in [6, 6.07) is 9.88. The van der Waals surface area contributed by atoms with Gasteiger partial charge in [-0.1, -0.05) is 55.7 Å². The molecule has 2 N–H and O–H groups in total. The Morgan fingerprint density at radius 3 is 2.53 bits per heavy atom. The molecule has 4 nitrogen and oxygen atoms in total. The number of carbonyl (C=O) groups excluding carboxylic acids is 1. The predicted molar refractivity (Wildman–Crippen MR) is 152 cm³/mol. The van der Waals surface area contributed by atoms with E-state index in [2.05, 4.69) is 55.0 Å². The summed E-state index contributed by atoms with van der Waals surface area (Å²) in [5.74, 6) is 7.18. The van der Waals surface area contributed by atoms with Gasteiger partial charge in [0.1, 0.15) is 12.2 Å². The first-order chi connectivity index (χ1) is 18.3. The molecule has 0 spiro atoms. The van der Waals surface area contributed by atoms with Gasteiger partial charge in [0.2, 0.25) is 0 Å². The van der Waals surface area contributed by atoms with Gasteiger partial charge in [-0.25, -0.2) is 0 Å². The number of rotatable bonds is 3. The van der Waals surface area contributed by atoms with Crippen molar-refractivity contribution in [1.82, 2.24) is 0 Å². The van der Waals surface area contributed by atoms with E-state index in [0.29, 0.717) is 30.7 Å². The van der Waals surface area contributed by atoms with Crippen molar-refractivity contribution >= 4 is 11.5 Å². The molecule has 5 unspecified atom stereocenters. The quantitative estimate of drug-likeness (QED) is 0.481. The number of ketones is 1. The van der Waals surface area contributed by atoms with Crippen LogP contribution in [0.3, 0.4) is 0 Å². The van der Waals surface area contributed by atoms with Crippen LogP contribution in [0.25, 0.3) is 0 Å². The summed E-state index contributed by atoms with van der Waals surface area (Å²) in [7, 11) is 2.24. The van der Waals surface area contributed by atoms with Gasteiger partial charge in [0, 0.05) is 36.5 Å². The summed E-state index contributed by atoms with van der Waals surface area (Å²) >= 11 is 0. The maximum atomic E-state index is 12.3. The Balaban J connectivity index is 1.41. The van der Waals surface area contributed by atoms with Crippen molar-refractivity contribution in [3.63, 3.8) is 0 Å². The second-order valence-electron chi connectivity index (χ2n) is 12.8. The van der Waals surface area contributed by atoms with Crippen molar-refractivity contribution in [1.29, 1.82) is 0 Å². The lowest BCUT2D eigenvalue weighted by Gasteiger charge is -2.53. The summed E-state index contributed by atoms with van der Waals surface area (Å²) < 4.78 is 0. The topological polar surface area (TPSA) is 60.8 Å². The summed E-state index contributed by atoms with van der Waals surface area (Å²) in [6.07, 6.45) is 14.4. The van der Waals surface area contributed by atoms with Crippen molar-refractivity contribution in [2.24, 2.45) is 17.3 Å². The number of hydrogen-bond acceptors (Lipinski definition) is 4. The number of anilines is 1. The minimum absolute atomic E-state index is 0.211. The first kappa shape index (κ1) is 25.9. The van der Waals surface area contributed by atoms with Crippen LogP contribution in [0, 0.1) is 29.1 Å². The number of allylic oxidation sites excluding steroid dienone is 4. The third kappa shape index (κ3) is 4.18. The summed E-state index contributed by atoms with van der Waals surface area (Å²) in [5.41, 5.74) is 5.45. The molecular formula is C34H43NO3. The van der Waals surface area contributed by atoms with Crippen LogP contribution in [0.15, 0.2) is 47.1 Å². The molecule has 202 valence electrons. The minimum atomic E-state index is -1.07. The molecule has 5 atom stereocenters. The fourth-order valence-electron chi connectivity index (χ4n) is 8.98. The molecule has 5 aliphatic carbocycles. The second kappa shape index (κ2) is 10.00. The lowest BCUT2D eigenvalue weighted by Crippen LogP contribution is -2.51. The van der Waals surface area contributed by atoms with E-state index in [1.165, 1.54) is 54.5 Å². The zero-order valence-electron chi connectivity index (χ0n) is 23.1. The maximum Gasteiger partial charge on any atom is 0.156 e. The molecule has 1 aromatic carbocycles. The first-order valence-corrected chi connectivity index (χ1v) is 15.0. The van der Waals surface area contributed by atoms with Gasteiger partial charge in [-0.2, -0.15) is 0 Å². The Kier molecular flexibility index (Phi) is 6.81. The highest BCUT2D eigenvalue weighted by molar-refractivity contribution is 5.93. The smallest absolute Gasteiger partial charge is 0.156 e. The normalized spacial score (nSPS) is 35.0. The molecule has 0 heterocycles. The van der Waals surface area contributed by atoms with Crippen LogP contribution in [0.5, 0.6) is 0 Å². The number of aliphatic hydroxyl groups is 2. The van der Waals surface area contributed by atoms with Gasteiger partial charge < -0.3 is 15.1 Å². The molecule has 0 radical (unpaired) electrons. The average molecular weight is 514 g/mol. The molecule has 0 amide bonds. The number of benzene rings is 1. The Labute approximate surface area is 228 Å². The number of aliphatic hydroxyl groups excluding tert-OH is 1. The lowest BCUT2D eigenvalue weighted by atomic mass is 9.51. The van der Waals surface area contributed by atoms with E-state index in [-0.39, 0.29) is 23.7 Å². The van der Waals surface area contributed by atoms with Gasteiger partial charge >= 0.3 is 0 Å². The molecule has 0 bridgehead atoms. The van der Waals surface area contributed by atoms with Crippen LogP contribution in [-0.2, 0) is 4.79 Å². The van der Waals surface area contributed by atoms with Crippen molar-refractivity contribution < 1.29 is 15.0 Å². The number of carbonyl (C=O) groups is 1. The standard InChI is InChI=1S/C34H43NO3/c1-33-22-30(23-9-12-26(13-10-23)35(2)25-7-4-3-5-8-25)32-28-16-14-27(37)21-24(28)11-15-29(32)31(33)17-19-34(33,38)18-6-20-36/h9-10,12-13,21,25,29-31,36,38H,3-5,7-8,11,14-17,19-20,22H2,1-2H3. The van der Waals surface area contributed by atoms with Crippen LogP contribution in [0.1, 0.15) is 95.5 Å². The molecule has 38 heavy (non-hydrogen) atoms. The first-order valence-electron chi connectivity index (χ1n) is 15.0. The molecular weight excluding hydrogens is 470 g/mol. The summed E-state index contributed by atoms with van der Waals surface area (Å²) in [5, 5.41) is 21.3. The van der Waals surface area contributed by atoms with Crippen molar-refractivity contribution in [2.45, 2.75) is 102 Å². The summed E-state index contributed by atoms with van der Waals surface area (Å²) in [6.45, 7) is 2.04. The molecule has 0 aliphatic heterocycles. The number of nitrogens with zero attached hydrogens (tertiary/aromatic N) is 1. The Bertz CT molecular complexity index is 1210. The van der Waals surface area contributed by atoms with Gasteiger partial charge in [-0.3, -0.25) is 4.79 Å². The molecule has 0 saturated heterocycles. The largest absolute Gasteiger partial charge is 0.384 e. The van der Waals surface area contributed by atoms with E-state index in [1.807, 2.05) is 6.08 Å². The molecule has 0 aromatic heterocycles. The van der Waals surface area contributed by atoms with E-state index in [4.69, 9.17) is 0 Å². The van der Waals surface area contributed by atoms with E-state index in [0.717, 1.165) is 32.1 Å². The highest BCUT2D eigenvalue weighted by Crippen LogP contribution is 2.66. The molecule has 5 aliphatic rings. The van der Waals surface area contributed by atoms with Gasteiger partial charge in [0.15, 0.2) is 5.78 Å². The fraction of sp³-hybridized carbons (Fsp3) is 0.618. The van der Waals surface area contributed by atoms with Gasteiger partial charge in [0.05, 0.1) is 0 Å². The zero-order chi connectivity index (χ0) is 26.5. The SMILES string of the molecule is CN(c1ccc(C2CC3(C)C(CCC3(O)C#CCO)C3CCC4=CC(=O)CCC4=C23)cc1)C1CCCCC1. The van der Waals surface area contributed by atoms with E-state index < -0.39 is 5.60 Å². The predicted octanol–water partition coefficient (Wildman–Crippen LogP) is 6.08. The van der Waals surface area contributed by atoms with Crippen LogP contribution >= 0.6 is 0 Å². The van der Waals surface area contributed by atoms with E-state index in [9.17, 15) is 15.0 Å². The van der Waals surface area contributed by atoms with Crippen LogP contribution < -0.4 is 4.90 Å². The van der Waals surface area contributed by atoms with Crippen molar-refractivity contribution in [3.05, 3.63) is 52.6 Å². The van der Waals surface area contributed by atoms with Gasteiger partial charge in [0.25, 0.3) is 0 Å². The molecule has 6 rings (SSSR count). The fourth-order valence-corrected chi connectivity index (χ4v) is 8.98. The van der Waals surface area contributed by atoms with Crippen LogP contribution in [0.2, 0.25) is 0 Å². The van der Waals surface area contributed by atoms with E-state index in [1.54, 1.807) is 5.57 Å². The molecule has 3 fully saturated rings. The number of fused-ring (bicyclic) bond motifs is 4. The number of hydrogen-bond donors (Lipinski definition) is 2. The van der Waals surface area contributed by atoms with Gasteiger partial charge in [-0.05, 0) is 98.1 Å². The average Bonchev–Trinajstić information content (AvgIpc) is 3.21. The Morgan fingerprint density at radius 2 is 1.79 bits per heavy atom. The second-order valence-corrected chi connectivity index (χ2v) is 12.8. The third-order valence-electron chi connectivity index (χ3n) is 11.1. The highest BCUT2D eigenvalue weighted by atomic mass is 16.3. The lowest BCUT2D eigenvalue weighted by molar-refractivity contribution is -0.114. The molecule has 4 heteroatoms. The zero-order valence-corrected chi connectivity index (χ0v) is 23.1.